The third-order valence-corrected chi connectivity index (χ3v) is 3.48. The van der Waals surface area contributed by atoms with E-state index in [1.165, 1.54) is 4.90 Å². The van der Waals surface area contributed by atoms with Crippen molar-refractivity contribution >= 4 is 23.7 Å². The van der Waals surface area contributed by atoms with E-state index in [1.807, 2.05) is 6.92 Å². The highest BCUT2D eigenvalue weighted by atomic mass is 35.5. The summed E-state index contributed by atoms with van der Waals surface area (Å²) in [7, 11) is 0. The first kappa shape index (κ1) is 14.7. The molecule has 6 heteroatoms. The van der Waals surface area contributed by atoms with Gasteiger partial charge in [-0.15, -0.1) is 0 Å². The Kier molecular flexibility index (Phi) is 4.49. The van der Waals surface area contributed by atoms with E-state index in [0.717, 1.165) is 12.0 Å². The predicted molar refractivity (Wildman–Crippen MR) is 73.6 cm³/mol. The molecule has 1 heterocycles. The van der Waals surface area contributed by atoms with Gasteiger partial charge in [-0.2, -0.15) is 0 Å². The number of amides is 1. The summed E-state index contributed by atoms with van der Waals surface area (Å²) in [6.45, 7) is 2.10. The van der Waals surface area contributed by atoms with E-state index in [2.05, 4.69) is 0 Å². The van der Waals surface area contributed by atoms with Crippen LogP contribution in [0.5, 0.6) is 0 Å². The predicted octanol–water partition coefficient (Wildman–Crippen LogP) is 2.91. The van der Waals surface area contributed by atoms with Crippen LogP contribution in [0.15, 0.2) is 24.3 Å². The highest BCUT2D eigenvalue weighted by Crippen LogP contribution is 2.26. The molecule has 2 atom stereocenters. The first-order valence-corrected chi connectivity index (χ1v) is 6.85. The summed E-state index contributed by atoms with van der Waals surface area (Å²) in [6.07, 6.45) is 0.113. The maximum absolute atomic E-state index is 11.9. The lowest BCUT2D eigenvalue weighted by Crippen LogP contribution is -2.42. The SMILES string of the molecule is CCC[C@@H]1OC(=O)N(Cc2cccc(Cl)c2)[C@H]1C(=O)O. The van der Waals surface area contributed by atoms with Gasteiger partial charge in [-0.3, -0.25) is 4.90 Å². The zero-order chi connectivity index (χ0) is 14.7. The van der Waals surface area contributed by atoms with Crippen LogP contribution in [0.25, 0.3) is 0 Å². The van der Waals surface area contributed by atoms with Crippen molar-refractivity contribution in [2.24, 2.45) is 0 Å². The smallest absolute Gasteiger partial charge is 0.411 e. The third kappa shape index (κ3) is 3.04. The average molecular weight is 298 g/mol. The van der Waals surface area contributed by atoms with Crippen LogP contribution >= 0.6 is 11.6 Å². The maximum atomic E-state index is 11.9. The van der Waals surface area contributed by atoms with Gasteiger partial charge in [0.25, 0.3) is 0 Å². The molecule has 1 fully saturated rings. The van der Waals surface area contributed by atoms with E-state index in [0.29, 0.717) is 11.4 Å². The van der Waals surface area contributed by atoms with Gasteiger partial charge < -0.3 is 9.84 Å². The Balaban J connectivity index is 2.20. The monoisotopic (exact) mass is 297 g/mol. The Morgan fingerprint density at radius 3 is 2.85 bits per heavy atom. The van der Waals surface area contributed by atoms with Gasteiger partial charge in [-0.05, 0) is 24.1 Å². The Morgan fingerprint density at radius 2 is 2.25 bits per heavy atom. The Morgan fingerprint density at radius 1 is 1.50 bits per heavy atom. The van der Waals surface area contributed by atoms with Gasteiger partial charge >= 0.3 is 12.1 Å². The first-order valence-electron chi connectivity index (χ1n) is 6.47. The lowest BCUT2D eigenvalue weighted by molar-refractivity contribution is -0.143. The molecule has 0 bridgehead atoms. The van der Waals surface area contributed by atoms with Gasteiger partial charge in [-0.25, -0.2) is 9.59 Å². The summed E-state index contributed by atoms with van der Waals surface area (Å²) >= 11 is 5.89. The van der Waals surface area contributed by atoms with E-state index in [4.69, 9.17) is 16.3 Å². The Hall–Kier alpha value is -1.75. The number of benzene rings is 1. The molecule has 0 aliphatic carbocycles. The first-order chi connectivity index (χ1) is 9.52. The molecule has 1 saturated heterocycles. The molecule has 0 spiro atoms. The second-order valence-electron chi connectivity index (χ2n) is 4.75. The number of carbonyl (C=O) groups is 2. The van der Waals surface area contributed by atoms with Gasteiger partial charge in [-0.1, -0.05) is 37.1 Å². The van der Waals surface area contributed by atoms with Gasteiger partial charge in [0.2, 0.25) is 0 Å². The number of ether oxygens (including phenoxy) is 1. The van der Waals surface area contributed by atoms with Crippen LogP contribution in [0.1, 0.15) is 25.3 Å². The molecule has 0 saturated carbocycles. The van der Waals surface area contributed by atoms with Crippen molar-refractivity contribution in [1.29, 1.82) is 0 Å². The van der Waals surface area contributed by atoms with E-state index < -0.39 is 24.2 Å². The number of halogens is 1. The molecule has 108 valence electrons. The molecule has 1 aliphatic heterocycles. The summed E-state index contributed by atoms with van der Waals surface area (Å²) in [4.78, 5) is 24.5. The molecule has 1 aromatic carbocycles. The number of cyclic esters (lactones) is 1. The number of hydrogen-bond donors (Lipinski definition) is 1. The molecule has 2 rings (SSSR count). The molecule has 0 unspecified atom stereocenters. The highest BCUT2D eigenvalue weighted by molar-refractivity contribution is 6.30. The van der Waals surface area contributed by atoms with E-state index in [9.17, 15) is 14.7 Å². The van der Waals surface area contributed by atoms with Crippen molar-refractivity contribution in [1.82, 2.24) is 4.90 Å². The van der Waals surface area contributed by atoms with Gasteiger partial charge in [0.05, 0.1) is 6.54 Å². The van der Waals surface area contributed by atoms with Crippen molar-refractivity contribution in [3.8, 4) is 0 Å². The highest BCUT2D eigenvalue weighted by Gasteiger charge is 2.45. The molecular weight excluding hydrogens is 282 g/mol. The summed E-state index contributed by atoms with van der Waals surface area (Å²) < 4.78 is 5.16. The number of hydrogen-bond acceptors (Lipinski definition) is 3. The van der Waals surface area contributed by atoms with Crippen molar-refractivity contribution in [2.75, 3.05) is 0 Å². The molecule has 0 aromatic heterocycles. The van der Waals surface area contributed by atoms with Crippen molar-refractivity contribution in [2.45, 2.75) is 38.5 Å². The molecule has 1 aliphatic rings. The summed E-state index contributed by atoms with van der Waals surface area (Å²) in [5.41, 5.74) is 0.776. The van der Waals surface area contributed by atoms with Crippen molar-refractivity contribution < 1.29 is 19.4 Å². The van der Waals surface area contributed by atoms with Crippen LogP contribution in [0.4, 0.5) is 4.79 Å². The van der Waals surface area contributed by atoms with Crippen LogP contribution in [0.3, 0.4) is 0 Å². The Bertz CT molecular complexity index is 520. The largest absolute Gasteiger partial charge is 0.480 e. The van der Waals surface area contributed by atoms with Crippen LogP contribution in [-0.4, -0.2) is 34.2 Å². The van der Waals surface area contributed by atoms with Crippen LogP contribution < -0.4 is 0 Å². The van der Waals surface area contributed by atoms with Crippen LogP contribution in [0.2, 0.25) is 5.02 Å². The Labute approximate surface area is 122 Å². The second-order valence-corrected chi connectivity index (χ2v) is 5.19. The zero-order valence-electron chi connectivity index (χ0n) is 11.1. The van der Waals surface area contributed by atoms with E-state index in [1.54, 1.807) is 24.3 Å². The molecule has 20 heavy (non-hydrogen) atoms. The fourth-order valence-corrected chi connectivity index (χ4v) is 2.58. The van der Waals surface area contributed by atoms with Crippen LogP contribution in [-0.2, 0) is 16.1 Å². The minimum atomic E-state index is -1.05. The number of carboxylic acids is 1. The number of rotatable bonds is 5. The second kappa shape index (κ2) is 6.13. The summed E-state index contributed by atoms with van der Waals surface area (Å²) in [5.74, 6) is -1.05. The fraction of sp³-hybridized carbons (Fsp3) is 0.429. The topological polar surface area (TPSA) is 66.8 Å². The number of aliphatic carboxylic acids is 1. The molecule has 1 aromatic rings. The maximum Gasteiger partial charge on any atom is 0.411 e. The zero-order valence-corrected chi connectivity index (χ0v) is 11.8. The third-order valence-electron chi connectivity index (χ3n) is 3.24. The summed E-state index contributed by atoms with van der Waals surface area (Å²) in [5, 5.41) is 9.88. The van der Waals surface area contributed by atoms with Gasteiger partial charge in [0.1, 0.15) is 6.10 Å². The minimum Gasteiger partial charge on any atom is -0.480 e. The van der Waals surface area contributed by atoms with Crippen molar-refractivity contribution in [3.05, 3.63) is 34.9 Å². The van der Waals surface area contributed by atoms with Gasteiger partial charge in [0.15, 0.2) is 6.04 Å². The molecule has 0 radical (unpaired) electrons. The number of carboxylic acid groups (broad SMARTS) is 1. The molecule has 5 nitrogen and oxygen atoms in total. The minimum absolute atomic E-state index is 0.177. The fourth-order valence-electron chi connectivity index (χ4n) is 2.36. The normalized spacial score (nSPS) is 21.9. The average Bonchev–Trinajstić information content (AvgIpc) is 2.66. The number of nitrogens with zero attached hydrogens (tertiary/aromatic N) is 1. The lowest BCUT2D eigenvalue weighted by atomic mass is 10.1. The quantitative estimate of drug-likeness (QED) is 0.907. The number of carbonyl (C=O) groups excluding carboxylic acids is 1. The van der Waals surface area contributed by atoms with Crippen LogP contribution in [0, 0.1) is 0 Å². The molecule has 1 N–H and O–H groups in total. The van der Waals surface area contributed by atoms with E-state index >= 15 is 0 Å². The van der Waals surface area contributed by atoms with Crippen molar-refractivity contribution in [3.63, 3.8) is 0 Å². The molecule has 1 amide bonds. The van der Waals surface area contributed by atoms with E-state index in [-0.39, 0.29) is 6.54 Å². The summed E-state index contributed by atoms with van der Waals surface area (Å²) in [6, 6.07) is 6.05. The lowest BCUT2D eigenvalue weighted by Gasteiger charge is -2.20. The standard InChI is InChI=1S/C14H16ClNO4/c1-2-4-11-12(13(17)18)16(14(19)20-11)8-9-5-3-6-10(15)7-9/h3,5-7,11-12H,2,4,8H2,1H3,(H,17,18)/t11-,12+/m0/s1. The van der Waals surface area contributed by atoms with Gasteiger partial charge in [0, 0.05) is 5.02 Å². The molecular formula is C14H16ClNO4.